The Bertz CT molecular complexity index is 1320. The van der Waals surface area contributed by atoms with E-state index in [1.54, 1.807) is 22.0 Å². The summed E-state index contributed by atoms with van der Waals surface area (Å²) >= 11 is 0. The summed E-state index contributed by atoms with van der Waals surface area (Å²) in [6.07, 6.45) is 5.46. The number of ether oxygens (including phenoxy) is 1. The smallest absolute Gasteiger partial charge is 0.326 e. The molecule has 0 bridgehead atoms. The number of nitrogens with zero attached hydrogens (tertiary/aromatic N) is 4. The van der Waals surface area contributed by atoms with Crippen molar-refractivity contribution in [2.45, 2.75) is 6.92 Å². The van der Waals surface area contributed by atoms with Crippen LogP contribution in [0.3, 0.4) is 0 Å². The molecule has 8 nitrogen and oxygen atoms in total. The van der Waals surface area contributed by atoms with E-state index in [2.05, 4.69) is 20.7 Å². The molecule has 4 aromatic rings. The van der Waals surface area contributed by atoms with Crippen LogP contribution in [-0.2, 0) is 7.05 Å². The van der Waals surface area contributed by atoms with Gasteiger partial charge in [0.05, 0.1) is 24.1 Å². The van der Waals surface area contributed by atoms with Gasteiger partial charge >= 0.3 is 6.03 Å². The van der Waals surface area contributed by atoms with Crippen LogP contribution in [0, 0.1) is 6.92 Å². The number of carbonyl (C=O) groups excluding carboxylic acids is 1. The van der Waals surface area contributed by atoms with Gasteiger partial charge in [-0.1, -0.05) is 30.3 Å². The minimum absolute atomic E-state index is 0.247. The second kappa shape index (κ2) is 8.66. The van der Waals surface area contributed by atoms with Crippen molar-refractivity contribution in [3.05, 3.63) is 78.8 Å². The van der Waals surface area contributed by atoms with Crippen LogP contribution in [0.25, 0.3) is 11.1 Å². The summed E-state index contributed by atoms with van der Waals surface area (Å²) in [7, 11) is 1.86. The first-order valence-corrected chi connectivity index (χ1v) is 10.7. The molecule has 3 heterocycles. The lowest BCUT2D eigenvalue weighted by molar-refractivity contribution is 0.250. The molecule has 2 aromatic carbocycles. The van der Waals surface area contributed by atoms with Crippen LogP contribution in [0.15, 0.2) is 73.2 Å². The molecule has 0 saturated carbocycles. The summed E-state index contributed by atoms with van der Waals surface area (Å²) in [6.45, 7) is 2.92. The molecule has 1 aliphatic rings. The molecule has 166 valence electrons. The van der Waals surface area contributed by atoms with Gasteiger partial charge in [-0.05, 0) is 36.8 Å². The minimum Gasteiger partial charge on any atom is -0.490 e. The number of benzene rings is 2. The lowest BCUT2D eigenvalue weighted by Crippen LogP contribution is -2.40. The van der Waals surface area contributed by atoms with Gasteiger partial charge in [-0.3, -0.25) is 9.58 Å². The quantitative estimate of drug-likeness (QED) is 0.468. The topological polar surface area (TPSA) is 84.3 Å². The number of hydrogen-bond donors (Lipinski definition) is 2. The lowest BCUT2D eigenvalue weighted by Gasteiger charge is -2.29. The highest BCUT2D eigenvalue weighted by Gasteiger charge is 2.24. The fourth-order valence-electron chi connectivity index (χ4n) is 3.79. The third-order valence-electron chi connectivity index (χ3n) is 5.54. The largest absolute Gasteiger partial charge is 0.490 e. The van der Waals surface area contributed by atoms with Crippen molar-refractivity contribution < 1.29 is 9.53 Å². The molecule has 8 heteroatoms. The number of fused-ring (bicyclic) bond motifs is 1. The van der Waals surface area contributed by atoms with Gasteiger partial charge in [-0.15, -0.1) is 0 Å². The van der Waals surface area contributed by atoms with Gasteiger partial charge in [-0.2, -0.15) is 5.10 Å². The number of carbonyl (C=O) groups is 1. The Balaban J connectivity index is 1.50. The molecule has 0 aliphatic carbocycles. The molecule has 33 heavy (non-hydrogen) atoms. The zero-order valence-corrected chi connectivity index (χ0v) is 18.4. The number of para-hydroxylation sites is 3. The number of hydrogen-bond acceptors (Lipinski definition) is 5. The van der Waals surface area contributed by atoms with Crippen molar-refractivity contribution in [1.29, 1.82) is 0 Å². The van der Waals surface area contributed by atoms with Crippen LogP contribution in [0.1, 0.15) is 5.56 Å². The second-order valence-electron chi connectivity index (χ2n) is 7.86. The molecule has 0 spiro atoms. The third kappa shape index (κ3) is 4.23. The van der Waals surface area contributed by atoms with Crippen LogP contribution in [-0.4, -0.2) is 33.9 Å². The van der Waals surface area contributed by atoms with Crippen molar-refractivity contribution in [3.63, 3.8) is 0 Å². The van der Waals surface area contributed by atoms with Crippen molar-refractivity contribution in [3.8, 4) is 16.9 Å². The first kappa shape index (κ1) is 20.6. The Kier molecular flexibility index (Phi) is 5.40. The van der Waals surface area contributed by atoms with E-state index in [4.69, 9.17) is 4.74 Å². The molecular formula is C25H24N6O2. The predicted octanol–water partition coefficient (Wildman–Crippen LogP) is 4.97. The van der Waals surface area contributed by atoms with E-state index < -0.39 is 0 Å². The molecule has 2 aromatic heterocycles. The van der Waals surface area contributed by atoms with Crippen LogP contribution < -0.4 is 20.3 Å². The zero-order valence-electron chi connectivity index (χ0n) is 18.4. The van der Waals surface area contributed by atoms with Crippen molar-refractivity contribution in [1.82, 2.24) is 14.8 Å². The standard InChI is InChI=1S/C25H24N6O2/c1-17-7-3-4-8-20(17)28-24-21(13-18(14-26-24)19-15-27-30(2)16-19)29-25(32)31-11-12-33-23-10-6-5-9-22(23)31/h3-10,13-16H,11-12H2,1-2H3,(H,26,28)(H,29,32). The van der Waals surface area contributed by atoms with Crippen LogP contribution >= 0.6 is 0 Å². The normalized spacial score (nSPS) is 12.6. The average molecular weight is 441 g/mol. The average Bonchev–Trinajstić information content (AvgIpc) is 3.27. The van der Waals surface area contributed by atoms with Gasteiger partial charge in [0.25, 0.3) is 0 Å². The summed E-state index contributed by atoms with van der Waals surface area (Å²) in [5.41, 5.74) is 5.09. The molecule has 0 unspecified atom stereocenters. The zero-order chi connectivity index (χ0) is 22.8. The molecule has 2 N–H and O–H groups in total. The second-order valence-corrected chi connectivity index (χ2v) is 7.86. The summed E-state index contributed by atoms with van der Waals surface area (Å²) < 4.78 is 7.43. The number of aryl methyl sites for hydroxylation is 2. The SMILES string of the molecule is Cc1ccccc1Nc1ncc(-c2cnn(C)c2)cc1NC(=O)N1CCOc2ccccc21. The third-order valence-corrected chi connectivity index (χ3v) is 5.54. The highest BCUT2D eigenvalue weighted by Crippen LogP contribution is 2.33. The van der Waals surface area contributed by atoms with E-state index in [1.165, 1.54) is 0 Å². The summed E-state index contributed by atoms with van der Waals surface area (Å²) in [6, 6.07) is 17.1. The number of rotatable bonds is 4. The number of amides is 2. The summed E-state index contributed by atoms with van der Waals surface area (Å²) in [4.78, 5) is 19.7. The highest BCUT2D eigenvalue weighted by atomic mass is 16.5. The van der Waals surface area contributed by atoms with Crippen molar-refractivity contribution in [2.75, 3.05) is 28.7 Å². The Morgan fingerprint density at radius 3 is 2.67 bits per heavy atom. The first-order chi connectivity index (χ1) is 16.1. The van der Waals surface area contributed by atoms with Gasteiger partial charge in [0.1, 0.15) is 12.4 Å². The number of nitrogens with one attached hydrogen (secondary N) is 2. The van der Waals surface area contributed by atoms with Gasteiger partial charge in [0, 0.05) is 36.3 Å². The van der Waals surface area contributed by atoms with Crippen molar-refractivity contribution in [2.24, 2.45) is 7.05 Å². The predicted molar refractivity (Wildman–Crippen MR) is 129 cm³/mol. The summed E-state index contributed by atoms with van der Waals surface area (Å²) in [5.74, 6) is 1.26. The Morgan fingerprint density at radius 2 is 1.85 bits per heavy atom. The number of urea groups is 1. The Morgan fingerprint density at radius 1 is 1.03 bits per heavy atom. The number of anilines is 4. The molecule has 0 atom stereocenters. The van der Waals surface area contributed by atoms with E-state index >= 15 is 0 Å². The van der Waals surface area contributed by atoms with Gasteiger partial charge in [-0.25, -0.2) is 9.78 Å². The fraction of sp³-hybridized carbons (Fsp3) is 0.160. The van der Waals surface area contributed by atoms with Gasteiger partial charge in [0.2, 0.25) is 0 Å². The lowest BCUT2D eigenvalue weighted by atomic mass is 10.1. The number of pyridine rings is 1. The van der Waals surface area contributed by atoms with E-state index in [1.807, 2.05) is 74.8 Å². The molecule has 5 rings (SSSR count). The van der Waals surface area contributed by atoms with Crippen LogP contribution in [0.4, 0.5) is 27.7 Å². The van der Waals surface area contributed by atoms with Gasteiger partial charge < -0.3 is 15.4 Å². The maximum absolute atomic E-state index is 13.3. The monoisotopic (exact) mass is 440 g/mol. The van der Waals surface area contributed by atoms with E-state index in [0.29, 0.717) is 30.4 Å². The molecule has 0 fully saturated rings. The van der Waals surface area contributed by atoms with Crippen LogP contribution in [0.2, 0.25) is 0 Å². The molecule has 2 amide bonds. The molecular weight excluding hydrogens is 416 g/mol. The maximum Gasteiger partial charge on any atom is 0.326 e. The van der Waals surface area contributed by atoms with Crippen molar-refractivity contribution >= 4 is 28.9 Å². The number of aromatic nitrogens is 3. The molecule has 0 saturated heterocycles. The summed E-state index contributed by atoms with van der Waals surface area (Å²) in [5, 5.41) is 10.7. The highest BCUT2D eigenvalue weighted by molar-refractivity contribution is 6.05. The molecule has 1 aliphatic heterocycles. The minimum atomic E-state index is -0.247. The Labute approximate surface area is 191 Å². The van der Waals surface area contributed by atoms with E-state index in [9.17, 15) is 4.79 Å². The van der Waals surface area contributed by atoms with Crippen LogP contribution in [0.5, 0.6) is 5.75 Å². The first-order valence-electron chi connectivity index (χ1n) is 10.7. The van der Waals surface area contributed by atoms with E-state index in [0.717, 1.165) is 28.1 Å². The fourth-order valence-corrected chi connectivity index (χ4v) is 3.79. The van der Waals surface area contributed by atoms with E-state index in [-0.39, 0.29) is 6.03 Å². The molecule has 0 radical (unpaired) electrons. The Hall–Kier alpha value is -4.33. The van der Waals surface area contributed by atoms with Gasteiger partial charge in [0.15, 0.2) is 5.82 Å². The maximum atomic E-state index is 13.3.